The van der Waals surface area contributed by atoms with Crippen molar-refractivity contribution in [2.24, 2.45) is 0 Å². The molecule has 108 valence electrons. The van der Waals surface area contributed by atoms with Crippen LogP contribution in [0.4, 0.5) is 0 Å². The first-order chi connectivity index (χ1) is 9.38. The molecular weight excluding hydrogens is 303 g/mol. The third-order valence-corrected chi connectivity index (χ3v) is 5.74. The van der Waals surface area contributed by atoms with E-state index in [-0.39, 0.29) is 18.7 Å². The Labute approximate surface area is 121 Å². The maximum Gasteiger partial charge on any atom is 0.453 e. The van der Waals surface area contributed by atoms with E-state index in [9.17, 15) is 14.2 Å². The SMILES string of the molecule is CCN1C(=O)CC(=O)N(C)P1(=O)Oc1cccc(Cl)c1. The summed E-state index contributed by atoms with van der Waals surface area (Å²) in [5.74, 6) is -0.778. The summed E-state index contributed by atoms with van der Waals surface area (Å²) in [6.45, 7) is 1.86. The average molecular weight is 317 g/mol. The number of halogens is 1. The molecular formula is C12H14ClN2O4P. The minimum absolute atomic E-state index is 0.189. The third-order valence-electron chi connectivity index (χ3n) is 2.96. The predicted octanol–water partition coefficient (Wildman–Crippen LogP) is 2.54. The molecule has 2 rings (SSSR count). The second-order valence-electron chi connectivity index (χ2n) is 4.24. The van der Waals surface area contributed by atoms with Crippen LogP contribution in [0.2, 0.25) is 5.02 Å². The van der Waals surface area contributed by atoms with Gasteiger partial charge in [0.2, 0.25) is 11.8 Å². The molecule has 1 fully saturated rings. The highest BCUT2D eigenvalue weighted by molar-refractivity contribution is 7.56. The maximum atomic E-state index is 13.0. The van der Waals surface area contributed by atoms with Gasteiger partial charge in [-0.3, -0.25) is 9.59 Å². The van der Waals surface area contributed by atoms with Crippen molar-refractivity contribution in [3.05, 3.63) is 29.3 Å². The van der Waals surface area contributed by atoms with Gasteiger partial charge >= 0.3 is 7.67 Å². The van der Waals surface area contributed by atoms with Crippen molar-refractivity contribution >= 4 is 31.1 Å². The molecule has 0 aliphatic carbocycles. The molecule has 1 heterocycles. The van der Waals surface area contributed by atoms with Crippen molar-refractivity contribution in [2.75, 3.05) is 13.6 Å². The van der Waals surface area contributed by atoms with Gasteiger partial charge in [0, 0.05) is 18.6 Å². The summed E-state index contributed by atoms with van der Waals surface area (Å²) in [5.41, 5.74) is 0. The van der Waals surface area contributed by atoms with E-state index in [0.29, 0.717) is 5.02 Å². The lowest BCUT2D eigenvalue weighted by molar-refractivity contribution is -0.138. The molecule has 6 nitrogen and oxygen atoms in total. The summed E-state index contributed by atoms with van der Waals surface area (Å²) in [6, 6.07) is 6.32. The lowest BCUT2D eigenvalue weighted by Gasteiger charge is -2.38. The van der Waals surface area contributed by atoms with Crippen LogP contribution in [-0.4, -0.2) is 34.7 Å². The molecule has 2 amide bonds. The molecule has 20 heavy (non-hydrogen) atoms. The molecule has 0 saturated carbocycles. The van der Waals surface area contributed by atoms with Crippen molar-refractivity contribution in [1.82, 2.24) is 9.34 Å². The van der Waals surface area contributed by atoms with Crippen molar-refractivity contribution in [1.29, 1.82) is 0 Å². The Morgan fingerprint density at radius 3 is 2.65 bits per heavy atom. The Kier molecular flexibility index (Phi) is 4.06. The number of hydrogen-bond donors (Lipinski definition) is 0. The van der Waals surface area contributed by atoms with Crippen molar-refractivity contribution < 1.29 is 18.7 Å². The Hall–Kier alpha value is -1.52. The van der Waals surface area contributed by atoms with Crippen LogP contribution in [0.25, 0.3) is 0 Å². The van der Waals surface area contributed by atoms with Crippen LogP contribution in [0.1, 0.15) is 13.3 Å². The molecule has 1 saturated heterocycles. The quantitative estimate of drug-likeness (QED) is 0.635. The standard InChI is InChI=1S/C12H14ClN2O4P/c1-3-15-12(17)8-11(16)14(2)20(15,18)19-10-6-4-5-9(13)7-10/h4-7H,3,8H2,1-2H3. The second kappa shape index (κ2) is 5.46. The van der Waals surface area contributed by atoms with Crippen LogP contribution in [-0.2, 0) is 14.2 Å². The Bertz CT molecular complexity index is 607. The molecule has 1 aromatic rings. The van der Waals surface area contributed by atoms with E-state index in [1.807, 2.05) is 0 Å². The van der Waals surface area contributed by atoms with Crippen LogP contribution in [0.15, 0.2) is 24.3 Å². The van der Waals surface area contributed by atoms with Gasteiger partial charge in [0.05, 0.1) is 0 Å². The summed E-state index contributed by atoms with van der Waals surface area (Å²) in [5, 5.41) is 0.412. The number of amides is 2. The molecule has 1 aliphatic rings. The normalized spacial score (nSPS) is 23.1. The van der Waals surface area contributed by atoms with E-state index in [4.69, 9.17) is 16.1 Å². The Morgan fingerprint density at radius 1 is 1.35 bits per heavy atom. The molecule has 0 aromatic heterocycles. The Balaban J connectivity index is 2.40. The van der Waals surface area contributed by atoms with E-state index in [2.05, 4.69) is 0 Å². The zero-order valence-corrected chi connectivity index (χ0v) is 12.7. The van der Waals surface area contributed by atoms with Crippen LogP contribution >= 0.6 is 19.3 Å². The van der Waals surface area contributed by atoms with Gasteiger partial charge in [-0.1, -0.05) is 17.7 Å². The highest BCUT2D eigenvalue weighted by Gasteiger charge is 2.48. The fraction of sp³-hybridized carbons (Fsp3) is 0.333. The molecule has 1 unspecified atom stereocenters. The summed E-state index contributed by atoms with van der Waals surface area (Å²) in [4.78, 5) is 23.6. The molecule has 0 radical (unpaired) electrons. The fourth-order valence-electron chi connectivity index (χ4n) is 1.91. The van der Waals surface area contributed by atoms with E-state index in [0.717, 1.165) is 9.34 Å². The minimum Gasteiger partial charge on any atom is -0.414 e. The first-order valence-corrected chi connectivity index (χ1v) is 7.92. The number of benzene rings is 1. The highest BCUT2D eigenvalue weighted by atomic mass is 35.5. The molecule has 0 N–H and O–H groups in total. The zero-order chi connectivity index (χ0) is 14.9. The number of nitrogens with zero attached hydrogens (tertiary/aromatic N) is 2. The van der Waals surface area contributed by atoms with E-state index in [1.54, 1.807) is 25.1 Å². The number of carbonyl (C=O) groups is 2. The fourth-order valence-corrected chi connectivity index (χ4v) is 4.08. The number of hydrogen-bond acceptors (Lipinski definition) is 4. The van der Waals surface area contributed by atoms with Gasteiger partial charge in [-0.15, -0.1) is 0 Å². The van der Waals surface area contributed by atoms with Gasteiger partial charge in [0.15, 0.2) is 0 Å². The van der Waals surface area contributed by atoms with Gasteiger partial charge in [0.1, 0.15) is 12.2 Å². The summed E-state index contributed by atoms with van der Waals surface area (Å²) in [7, 11) is -2.40. The molecule has 1 atom stereocenters. The van der Waals surface area contributed by atoms with Gasteiger partial charge in [-0.25, -0.2) is 13.9 Å². The van der Waals surface area contributed by atoms with Crippen molar-refractivity contribution in [3.8, 4) is 5.75 Å². The maximum absolute atomic E-state index is 13.0. The second-order valence-corrected chi connectivity index (χ2v) is 6.93. The monoisotopic (exact) mass is 316 g/mol. The summed E-state index contributed by atoms with van der Waals surface area (Å²) >= 11 is 5.84. The molecule has 0 bridgehead atoms. The molecule has 0 spiro atoms. The van der Waals surface area contributed by atoms with Crippen molar-refractivity contribution in [2.45, 2.75) is 13.3 Å². The van der Waals surface area contributed by atoms with E-state index >= 15 is 0 Å². The van der Waals surface area contributed by atoms with Gasteiger partial charge in [0.25, 0.3) is 0 Å². The van der Waals surface area contributed by atoms with Crippen LogP contribution in [0.5, 0.6) is 5.75 Å². The minimum atomic E-state index is -3.76. The summed E-state index contributed by atoms with van der Waals surface area (Å²) < 4.78 is 20.5. The number of carbonyl (C=O) groups excluding carboxylic acids is 2. The van der Waals surface area contributed by atoms with Crippen LogP contribution in [0, 0.1) is 0 Å². The average Bonchev–Trinajstić information content (AvgIpc) is 2.37. The first kappa shape index (κ1) is 14.9. The van der Waals surface area contributed by atoms with Crippen molar-refractivity contribution in [3.63, 3.8) is 0 Å². The molecule has 1 aliphatic heterocycles. The van der Waals surface area contributed by atoms with Gasteiger partial charge in [-0.05, 0) is 25.1 Å². The van der Waals surface area contributed by atoms with Crippen LogP contribution in [0.3, 0.4) is 0 Å². The summed E-state index contributed by atoms with van der Waals surface area (Å²) in [6.07, 6.45) is -0.298. The first-order valence-electron chi connectivity index (χ1n) is 6.01. The zero-order valence-electron chi connectivity index (χ0n) is 11.1. The van der Waals surface area contributed by atoms with E-state index in [1.165, 1.54) is 13.1 Å². The lowest BCUT2D eigenvalue weighted by Crippen LogP contribution is -2.45. The van der Waals surface area contributed by atoms with E-state index < -0.39 is 19.5 Å². The topological polar surface area (TPSA) is 66.9 Å². The molecule has 1 aromatic carbocycles. The van der Waals surface area contributed by atoms with Gasteiger partial charge < -0.3 is 4.52 Å². The smallest absolute Gasteiger partial charge is 0.414 e. The largest absolute Gasteiger partial charge is 0.453 e. The lowest BCUT2D eigenvalue weighted by atomic mass is 10.3. The predicted molar refractivity (Wildman–Crippen MR) is 74.5 cm³/mol. The highest BCUT2D eigenvalue weighted by Crippen LogP contribution is 2.55. The van der Waals surface area contributed by atoms with Gasteiger partial charge in [-0.2, -0.15) is 0 Å². The van der Waals surface area contributed by atoms with Crippen LogP contribution < -0.4 is 4.52 Å². The Morgan fingerprint density at radius 2 is 2.05 bits per heavy atom. The number of rotatable bonds is 3. The third kappa shape index (κ3) is 2.53. The molecule has 8 heteroatoms.